The smallest absolute Gasteiger partial charge is 0.146 e. The highest BCUT2D eigenvalue weighted by molar-refractivity contribution is 6.30. The minimum Gasteiger partial charge on any atom is -0.324 e. The van der Waals surface area contributed by atoms with Crippen molar-refractivity contribution in [2.45, 2.75) is 12.5 Å². The first kappa shape index (κ1) is 10.4. The van der Waals surface area contributed by atoms with E-state index in [0.717, 1.165) is 0 Å². The first-order valence-electron chi connectivity index (χ1n) is 3.92. The summed E-state index contributed by atoms with van der Waals surface area (Å²) in [6, 6.07) is 3.92. The third-order valence-corrected chi connectivity index (χ3v) is 2.09. The number of alkyl halides is 1. The first-order chi connectivity index (χ1) is 6.16. The van der Waals surface area contributed by atoms with Crippen LogP contribution in [-0.2, 0) is 0 Å². The van der Waals surface area contributed by atoms with Crippen molar-refractivity contribution in [3.8, 4) is 0 Å². The van der Waals surface area contributed by atoms with E-state index < -0.39 is 18.5 Å². The molecule has 0 aliphatic rings. The van der Waals surface area contributed by atoms with Gasteiger partial charge in [0.1, 0.15) is 5.82 Å². The van der Waals surface area contributed by atoms with Gasteiger partial charge in [0.2, 0.25) is 0 Å². The number of benzene rings is 1. The normalized spacial score (nSPS) is 12.9. The number of hydrogen-bond donors (Lipinski definition) is 1. The van der Waals surface area contributed by atoms with Crippen molar-refractivity contribution < 1.29 is 8.78 Å². The van der Waals surface area contributed by atoms with E-state index in [-0.39, 0.29) is 17.0 Å². The quantitative estimate of drug-likeness (QED) is 0.807. The highest BCUT2D eigenvalue weighted by Gasteiger charge is 2.12. The Morgan fingerprint density at radius 3 is 2.77 bits per heavy atom. The van der Waals surface area contributed by atoms with E-state index in [9.17, 15) is 8.78 Å². The summed E-state index contributed by atoms with van der Waals surface area (Å²) in [6.45, 7) is -0.562. The van der Waals surface area contributed by atoms with Crippen LogP contribution < -0.4 is 5.73 Å². The van der Waals surface area contributed by atoms with Crippen molar-refractivity contribution in [1.29, 1.82) is 0 Å². The van der Waals surface area contributed by atoms with Crippen LogP contribution >= 0.6 is 11.6 Å². The third kappa shape index (κ3) is 2.39. The molecule has 0 heterocycles. The molecule has 0 saturated carbocycles. The molecule has 0 aliphatic carbocycles. The van der Waals surface area contributed by atoms with Gasteiger partial charge in [-0.3, -0.25) is 4.39 Å². The molecule has 72 valence electrons. The fourth-order valence-electron chi connectivity index (χ4n) is 1.08. The summed E-state index contributed by atoms with van der Waals surface area (Å²) in [7, 11) is 0. The van der Waals surface area contributed by atoms with Crippen molar-refractivity contribution in [2.24, 2.45) is 5.73 Å². The average Bonchev–Trinajstić information content (AvgIpc) is 2.10. The van der Waals surface area contributed by atoms with Gasteiger partial charge in [0.25, 0.3) is 0 Å². The molecule has 4 heteroatoms. The van der Waals surface area contributed by atoms with Crippen LogP contribution in [0.3, 0.4) is 0 Å². The standard InChI is InChI=1S/C9H10ClF2N/c10-7-3-1-2-6(9(7)12)8(13)4-5-11/h1-3,8H,4-5,13H2/t8-/m0/s1. The van der Waals surface area contributed by atoms with E-state index in [2.05, 4.69) is 0 Å². The molecule has 0 saturated heterocycles. The molecule has 2 N–H and O–H groups in total. The minimum atomic E-state index is -0.622. The molecule has 0 fully saturated rings. The molecular weight excluding hydrogens is 196 g/mol. The lowest BCUT2D eigenvalue weighted by molar-refractivity contribution is 0.435. The maximum absolute atomic E-state index is 13.2. The predicted octanol–water partition coefficient (Wildman–Crippen LogP) is 2.84. The molecular formula is C9H10ClF2N. The second-order valence-electron chi connectivity index (χ2n) is 2.73. The van der Waals surface area contributed by atoms with Gasteiger partial charge < -0.3 is 5.73 Å². The Balaban J connectivity index is 2.93. The van der Waals surface area contributed by atoms with Crippen LogP contribution in [0.2, 0.25) is 5.02 Å². The van der Waals surface area contributed by atoms with E-state index in [1.807, 2.05) is 0 Å². The molecule has 0 radical (unpaired) electrons. The average molecular weight is 206 g/mol. The van der Waals surface area contributed by atoms with E-state index in [4.69, 9.17) is 17.3 Å². The maximum atomic E-state index is 13.2. The van der Waals surface area contributed by atoms with Crippen LogP contribution in [-0.4, -0.2) is 6.67 Å². The molecule has 0 aromatic heterocycles. The van der Waals surface area contributed by atoms with Crippen LogP contribution in [0.4, 0.5) is 8.78 Å². The molecule has 0 aliphatic heterocycles. The van der Waals surface area contributed by atoms with Crippen molar-refractivity contribution >= 4 is 11.6 Å². The zero-order valence-corrected chi connectivity index (χ0v) is 7.69. The second kappa shape index (κ2) is 4.53. The molecule has 13 heavy (non-hydrogen) atoms. The van der Waals surface area contributed by atoms with Gasteiger partial charge in [-0.2, -0.15) is 0 Å². The molecule has 1 aromatic carbocycles. The van der Waals surface area contributed by atoms with Gasteiger partial charge in [-0.25, -0.2) is 4.39 Å². The Hall–Kier alpha value is -0.670. The Morgan fingerprint density at radius 1 is 1.46 bits per heavy atom. The highest BCUT2D eigenvalue weighted by Crippen LogP contribution is 2.23. The lowest BCUT2D eigenvalue weighted by atomic mass is 10.0. The molecule has 1 rings (SSSR count). The maximum Gasteiger partial charge on any atom is 0.146 e. The molecule has 0 bridgehead atoms. The Labute approximate surface area is 80.5 Å². The van der Waals surface area contributed by atoms with Crippen molar-refractivity contribution in [3.05, 3.63) is 34.6 Å². The predicted molar refractivity (Wildman–Crippen MR) is 48.9 cm³/mol. The van der Waals surface area contributed by atoms with Gasteiger partial charge in [0, 0.05) is 11.6 Å². The van der Waals surface area contributed by atoms with Crippen LogP contribution in [0, 0.1) is 5.82 Å². The van der Waals surface area contributed by atoms with Crippen molar-refractivity contribution in [3.63, 3.8) is 0 Å². The lowest BCUT2D eigenvalue weighted by Gasteiger charge is -2.11. The van der Waals surface area contributed by atoms with E-state index >= 15 is 0 Å². The summed E-state index contributed by atoms with van der Waals surface area (Å²) in [4.78, 5) is 0. The lowest BCUT2D eigenvalue weighted by Crippen LogP contribution is -2.12. The summed E-state index contributed by atoms with van der Waals surface area (Å²) < 4.78 is 25.2. The summed E-state index contributed by atoms with van der Waals surface area (Å²) in [5, 5.41) is 0.0202. The van der Waals surface area contributed by atoms with Crippen LogP contribution in [0.25, 0.3) is 0 Å². The Morgan fingerprint density at radius 2 is 2.15 bits per heavy atom. The molecule has 1 atom stereocenters. The number of halogens is 3. The largest absolute Gasteiger partial charge is 0.324 e. The summed E-state index contributed by atoms with van der Waals surface area (Å²) in [6.07, 6.45) is 0.108. The van der Waals surface area contributed by atoms with Crippen molar-refractivity contribution in [2.75, 3.05) is 6.67 Å². The van der Waals surface area contributed by atoms with Gasteiger partial charge in [-0.05, 0) is 12.5 Å². The third-order valence-electron chi connectivity index (χ3n) is 1.80. The van der Waals surface area contributed by atoms with Crippen molar-refractivity contribution in [1.82, 2.24) is 0 Å². The number of hydrogen-bond acceptors (Lipinski definition) is 1. The van der Waals surface area contributed by atoms with E-state index in [1.54, 1.807) is 6.07 Å². The summed E-state index contributed by atoms with van der Waals surface area (Å²) in [5.74, 6) is -0.551. The van der Waals surface area contributed by atoms with Crippen LogP contribution in [0.5, 0.6) is 0 Å². The number of rotatable bonds is 3. The Bertz CT molecular complexity index is 291. The molecule has 0 spiro atoms. The van der Waals surface area contributed by atoms with Gasteiger partial charge in [0.15, 0.2) is 0 Å². The van der Waals surface area contributed by atoms with Gasteiger partial charge in [-0.1, -0.05) is 23.7 Å². The zero-order chi connectivity index (χ0) is 9.84. The van der Waals surface area contributed by atoms with E-state index in [0.29, 0.717) is 0 Å². The van der Waals surface area contributed by atoms with Gasteiger partial charge in [0.05, 0.1) is 11.7 Å². The molecule has 0 amide bonds. The van der Waals surface area contributed by atoms with Crippen LogP contribution in [0.1, 0.15) is 18.0 Å². The molecule has 0 unspecified atom stereocenters. The zero-order valence-electron chi connectivity index (χ0n) is 6.93. The number of nitrogens with two attached hydrogens (primary N) is 1. The Kier molecular flexibility index (Phi) is 3.63. The van der Waals surface area contributed by atoms with Crippen LogP contribution in [0.15, 0.2) is 18.2 Å². The minimum absolute atomic E-state index is 0.0202. The fraction of sp³-hybridized carbons (Fsp3) is 0.333. The summed E-state index contributed by atoms with van der Waals surface area (Å²) in [5.41, 5.74) is 5.81. The monoisotopic (exact) mass is 205 g/mol. The van der Waals surface area contributed by atoms with Gasteiger partial charge in [-0.15, -0.1) is 0 Å². The van der Waals surface area contributed by atoms with Gasteiger partial charge >= 0.3 is 0 Å². The summed E-state index contributed by atoms with van der Waals surface area (Å²) >= 11 is 5.53. The molecule has 1 aromatic rings. The highest BCUT2D eigenvalue weighted by atomic mass is 35.5. The fourth-order valence-corrected chi connectivity index (χ4v) is 1.26. The first-order valence-corrected chi connectivity index (χ1v) is 4.30. The molecule has 1 nitrogen and oxygen atoms in total. The second-order valence-corrected chi connectivity index (χ2v) is 3.13. The SMILES string of the molecule is N[C@@H](CCF)c1cccc(Cl)c1F. The van der Waals surface area contributed by atoms with E-state index in [1.165, 1.54) is 12.1 Å². The topological polar surface area (TPSA) is 26.0 Å².